The van der Waals surface area contributed by atoms with Gasteiger partial charge in [-0.15, -0.1) is 0 Å². The van der Waals surface area contributed by atoms with Crippen molar-refractivity contribution in [3.8, 4) is 0 Å². The Bertz CT molecular complexity index is 76.1. The largest absolute Gasteiger partial charge is 0.0623 e. The number of rotatable bonds is 0. The van der Waals surface area contributed by atoms with E-state index in [0.29, 0.717) is 0 Å². The molecular formula is C6H6Th. The zero-order chi connectivity index (χ0) is 4.24. The third kappa shape index (κ3) is 3.16. The minimum Gasteiger partial charge on any atom is -0.0623 e. The van der Waals surface area contributed by atoms with Crippen LogP contribution >= 0.6 is 0 Å². The van der Waals surface area contributed by atoms with Crippen LogP contribution in [0.15, 0.2) is 36.4 Å². The molecule has 0 aromatic heterocycles. The third-order valence-electron chi connectivity index (χ3n) is 0.667. The zero-order valence-electron chi connectivity index (χ0n) is 3.96. The first-order valence-corrected chi connectivity index (χ1v) is 2.00. The summed E-state index contributed by atoms with van der Waals surface area (Å²) in [4.78, 5) is 0. The summed E-state index contributed by atoms with van der Waals surface area (Å²) in [6, 6.07) is 12.0. The van der Waals surface area contributed by atoms with E-state index < -0.39 is 0 Å². The summed E-state index contributed by atoms with van der Waals surface area (Å²) < 4.78 is 0. The van der Waals surface area contributed by atoms with Gasteiger partial charge in [-0.1, -0.05) is 36.4 Å². The van der Waals surface area contributed by atoms with E-state index in [0.717, 1.165) is 0 Å². The van der Waals surface area contributed by atoms with Gasteiger partial charge in [0.25, 0.3) is 0 Å². The van der Waals surface area contributed by atoms with Crippen LogP contribution in [-0.2, 0) is 0 Å². The third-order valence-corrected chi connectivity index (χ3v) is 0.667. The molecule has 0 atom stereocenters. The first-order valence-electron chi connectivity index (χ1n) is 2.00. The molecule has 0 unspecified atom stereocenters. The van der Waals surface area contributed by atoms with Crippen LogP contribution in [0, 0.1) is 39.9 Å². The van der Waals surface area contributed by atoms with Crippen LogP contribution in [0.5, 0.6) is 0 Å². The molecule has 0 bridgehead atoms. The van der Waals surface area contributed by atoms with E-state index >= 15 is 0 Å². The SMILES string of the molecule is [Th].c1ccccc1. The van der Waals surface area contributed by atoms with Crippen molar-refractivity contribution in [2.24, 2.45) is 0 Å². The molecule has 0 radical (unpaired) electrons. The van der Waals surface area contributed by atoms with E-state index in [2.05, 4.69) is 0 Å². The molecule has 0 spiro atoms. The minimum atomic E-state index is 0. The Labute approximate surface area is 75.6 Å². The summed E-state index contributed by atoms with van der Waals surface area (Å²) >= 11 is 0. The maximum atomic E-state index is 2.00. The van der Waals surface area contributed by atoms with Crippen LogP contribution in [0.4, 0.5) is 0 Å². The zero-order valence-corrected chi connectivity index (χ0v) is 8.07. The van der Waals surface area contributed by atoms with Gasteiger partial charge in [-0.2, -0.15) is 0 Å². The van der Waals surface area contributed by atoms with Gasteiger partial charge in [0.05, 0.1) is 0 Å². The molecule has 1 aromatic carbocycles. The molecule has 0 aliphatic rings. The first-order chi connectivity index (χ1) is 3.00. The van der Waals surface area contributed by atoms with Gasteiger partial charge in [0.15, 0.2) is 0 Å². The van der Waals surface area contributed by atoms with Crippen LogP contribution < -0.4 is 0 Å². The molecule has 0 saturated heterocycles. The fourth-order valence-corrected chi connectivity index (χ4v) is 0.385. The molecule has 1 heteroatoms. The molecule has 0 N–H and O–H groups in total. The monoisotopic (exact) mass is 310 g/mol. The van der Waals surface area contributed by atoms with Gasteiger partial charge in [0.2, 0.25) is 0 Å². The van der Waals surface area contributed by atoms with Crippen molar-refractivity contribution in [3.63, 3.8) is 0 Å². The van der Waals surface area contributed by atoms with Crippen molar-refractivity contribution in [2.45, 2.75) is 0 Å². The second kappa shape index (κ2) is 4.70. The molecule has 1 aromatic rings. The molecule has 0 aliphatic heterocycles. The maximum absolute atomic E-state index is 2.00. The number of benzene rings is 1. The smallest absolute Gasteiger partial charge is 0 e. The number of hydrogen-bond acceptors (Lipinski definition) is 0. The molecule has 0 heterocycles. The molecule has 7 heavy (non-hydrogen) atoms. The molecule has 0 nitrogen and oxygen atoms in total. The molecule has 0 amide bonds. The Morgan fingerprint density at radius 1 is 0.429 bits per heavy atom. The van der Waals surface area contributed by atoms with Crippen LogP contribution in [0.25, 0.3) is 0 Å². The van der Waals surface area contributed by atoms with Gasteiger partial charge in [-0.3, -0.25) is 0 Å². The van der Waals surface area contributed by atoms with Crippen LogP contribution in [0.3, 0.4) is 0 Å². The van der Waals surface area contributed by atoms with E-state index in [1.807, 2.05) is 36.4 Å². The maximum Gasteiger partial charge on any atom is 0 e. The van der Waals surface area contributed by atoms with Crippen molar-refractivity contribution in [1.82, 2.24) is 0 Å². The van der Waals surface area contributed by atoms with E-state index in [9.17, 15) is 0 Å². The topological polar surface area (TPSA) is 0 Å². The minimum absolute atomic E-state index is 0. The Morgan fingerprint density at radius 3 is 0.714 bits per heavy atom. The predicted molar refractivity (Wildman–Crippen MR) is 26.4 cm³/mol. The van der Waals surface area contributed by atoms with Crippen LogP contribution in [0.1, 0.15) is 0 Å². The fourth-order valence-electron chi connectivity index (χ4n) is 0.385. The van der Waals surface area contributed by atoms with E-state index in [4.69, 9.17) is 0 Å². The standard InChI is InChI=1S/C6H6.Th/c1-2-4-6-5-3-1;/h1-6H;. The Morgan fingerprint density at radius 2 is 0.571 bits per heavy atom. The Hall–Kier alpha value is 0.545. The second-order valence-electron chi connectivity index (χ2n) is 1.15. The summed E-state index contributed by atoms with van der Waals surface area (Å²) in [5.74, 6) is 0. The van der Waals surface area contributed by atoms with Crippen molar-refractivity contribution >= 4 is 0 Å². The van der Waals surface area contributed by atoms with Gasteiger partial charge < -0.3 is 0 Å². The average Bonchev–Trinajstić information content (AvgIpc) is 1.72. The number of hydrogen-bond donors (Lipinski definition) is 0. The quantitative estimate of drug-likeness (QED) is 0.684. The van der Waals surface area contributed by atoms with Crippen LogP contribution in [0.2, 0.25) is 0 Å². The second-order valence-corrected chi connectivity index (χ2v) is 1.15. The van der Waals surface area contributed by atoms with E-state index in [-0.39, 0.29) is 39.9 Å². The molecular weight excluding hydrogens is 304 g/mol. The molecule has 34 valence electrons. The van der Waals surface area contributed by atoms with Crippen molar-refractivity contribution in [3.05, 3.63) is 36.4 Å². The molecule has 0 fully saturated rings. The van der Waals surface area contributed by atoms with Crippen molar-refractivity contribution < 1.29 is 39.9 Å². The molecule has 1 rings (SSSR count). The van der Waals surface area contributed by atoms with E-state index in [1.165, 1.54) is 0 Å². The summed E-state index contributed by atoms with van der Waals surface area (Å²) in [6.45, 7) is 0. The summed E-state index contributed by atoms with van der Waals surface area (Å²) in [5.41, 5.74) is 0. The van der Waals surface area contributed by atoms with Gasteiger partial charge in [0, 0.05) is 39.9 Å². The molecule has 0 saturated carbocycles. The summed E-state index contributed by atoms with van der Waals surface area (Å²) in [5, 5.41) is 0. The normalized spacial score (nSPS) is 6.86. The van der Waals surface area contributed by atoms with E-state index in [1.54, 1.807) is 0 Å². The van der Waals surface area contributed by atoms with Gasteiger partial charge >= 0.3 is 0 Å². The Balaban J connectivity index is 0.000000360. The molecule has 0 aliphatic carbocycles. The van der Waals surface area contributed by atoms with Gasteiger partial charge in [-0.25, -0.2) is 0 Å². The first kappa shape index (κ1) is 7.54. The van der Waals surface area contributed by atoms with Gasteiger partial charge in [-0.05, 0) is 0 Å². The van der Waals surface area contributed by atoms with Gasteiger partial charge in [0.1, 0.15) is 0 Å². The van der Waals surface area contributed by atoms with Crippen LogP contribution in [-0.4, -0.2) is 0 Å². The Kier molecular flexibility index (Phi) is 5.06. The average molecular weight is 310 g/mol. The summed E-state index contributed by atoms with van der Waals surface area (Å²) in [6.07, 6.45) is 0. The predicted octanol–water partition coefficient (Wildman–Crippen LogP) is 1.69. The van der Waals surface area contributed by atoms with Crippen molar-refractivity contribution in [1.29, 1.82) is 0 Å². The fraction of sp³-hybridized carbons (Fsp3) is 0. The van der Waals surface area contributed by atoms with Crippen molar-refractivity contribution in [2.75, 3.05) is 0 Å². The summed E-state index contributed by atoms with van der Waals surface area (Å²) in [7, 11) is 0.